The fraction of sp³-hybridized carbons (Fsp3) is 0.556. The summed E-state index contributed by atoms with van der Waals surface area (Å²) < 4.78 is -1.96. The van der Waals surface area contributed by atoms with Crippen LogP contribution >= 0.6 is 11.8 Å². The molecule has 4 rings (SSSR count). The summed E-state index contributed by atoms with van der Waals surface area (Å²) in [7, 11) is 0. The van der Waals surface area contributed by atoms with Crippen molar-refractivity contribution in [1.29, 1.82) is 0 Å². The molecule has 0 aliphatic heterocycles. The van der Waals surface area contributed by atoms with E-state index >= 15 is 0 Å². The van der Waals surface area contributed by atoms with Crippen molar-refractivity contribution in [3.63, 3.8) is 0 Å². The molecule has 9 heteroatoms. The van der Waals surface area contributed by atoms with Crippen LogP contribution in [-0.4, -0.2) is 53.8 Å². The van der Waals surface area contributed by atoms with Crippen molar-refractivity contribution in [2.75, 3.05) is 0 Å². The van der Waals surface area contributed by atoms with Crippen molar-refractivity contribution >= 4 is 35.6 Å². The predicted molar refractivity (Wildman–Crippen MR) is 92.3 cm³/mol. The summed E-state index contributed by atoms with van der Waals surface area (Å²) in [6, 6.07) is 0. The highest BCUT2D eigenvalue weighted by molar-refractivity contribution is 8.02. The topological polar surface area (TPSA) is 149 Å². The maximum Gasteiger partial charge on any atom is 0.333 e. The first-order valence-electron chi connectivity index (χ1n) is 8.74. The van der Waals surface area contributed by atoms with Crippen molar-refractivity contribution in [2.24, 2.45) is 11.8 Å². The fourth-order valence-electron chi connectivity index (χ4n) is 5.71. The van der Waals surface area contributed by atoms with E-state index in [-0.39, 0.29) is 34.1 Å². The van der Waals surface area contributed by atoms with Crippen LogP contribution in [0.15, 0.2) is 22.3 Å². The number of aliphatic carboxylic acids is 4. The number of hydrogen-bond donors (Lipinski definition) is 4. The third-order valence-corrected chi connectivity index (χ3v) is 8.42. The number of hydrogen-bond acceptors (Lipinski definition) is 5. The Kier molecular flexibility index (Phi) is 3.76. The maximum atomic E-state index is 11.9. The van der Waals surface area contributed by atoms with E-state index in [0.29, 0.717) is 38.5 Å². The van der Waals surface area contributed by atoms with E-state index in [9.17, 15) is 39.6 Å². The lowest BCUT2D eigenvalue weighted by atomic mass is 9.90. The third-order valence-electron chi connectivity index (χ3n) is 6.49. The van der Waals surface area contributed by atoms with E-state index in [4.69, 9.17) is 0 Å². The number of thioether (sulfide) groups is 1. The minimum Gasteiger partial charge on any atom is -0.478 e. The van der Waals surface area contributed by atoms with Gasteiger partial charge < -0.3 is 20.4 Å². The zero-order valence-corrected chi connectivity index (χ0v) is 15.0. The molecular weight excluding hydrogens is 376 g/mol. The molecule has 0 aromatic heterocycles. The predicted octanol–water partition coefficient (Wildman–Crippen LogP) is 1.76. The van der Waals surface area contributed by atoms with Crippen LogP contribution in [0.4, 0.5) is 0 Å². The van der Waals surface area contributed by atoms with Crippen LogP contribution in [0.3, 0.4) is 0 Å². The van der Waals surface area contributed by atoms with Gasteiger partial charge in [-0.15, -0.1) is 11.8 Å². The molecule has 0 heterocycles. The number of fused-ring (bicyclic) bond motifs is 4. The first-order chi connectivity index (χ1) is 12.6. The quantitative estimate of drug-likeness (QED) is 0.528. The van der Waals surface area contributed by atoms with Gasteiger partial charge in [0.1, 0.15) is 0 Å². The standard InChI is InChI=1S/C18H18O8S/c19-13(20)9-7-1-3-17(5-7,11(9)15(23)24)27-18-4-2-8(6-18)10(14(21)22)12(18)16(25)26/h7-8H,1-6H2,(H,19,20)(H,21,22)(H,23,24)(H,25,26). The van der Waals surface area contributed by atoms with E-state index in [1.54, 1.807) is 0 Å². The molecule has 0 aromatic carbocycles. The Morgan fingerprint density at radius 3 is 1.37 bits per heavy atom. The largest absolute Gasteiger partial charge is 0.478 e. The minimum absolute atomic E-state index is 0.0792. The zero-order valence-electron chi connectivity index (χ0n) is 14.2. The zero-order chi connectivity index (χ0) is 19.7. The molecule has 4 aliphatic carbocycles. The fourth-order valence-corrected chi connectivity index (χ4v) is 8.07. The number of carboxylic acid groups (broad SMARTS) is 4. The van der Waals surface area contributed by atoms with Crippen LogP contribution < -0.4 is 0 Å². The van der Waals surface area contributed by atoms with Crippen molar-refractivity contribution < 1.29 is 39.6 Å². The highest BCUT2D eigenvalue weighted by Crippen LogP contribution is 2.68. The Labute approximate surface area is 157 Å². The van der Waals surface area contributed by atoms with Gasteiger partial charge in [0.25, 0.3) is 0 Å². The summed E-state index contributed by atoms with van der Waals surface area (Å²) >= 11 is 1.20. The normalized spacial score (nSPS) is 36.6. The molecule has 8 nitrogen and oxygen atoms in total. The first kappa shape index (κ1) is 18.1. The average molecular weight is 394 g/mol. The van der Waals surface area contributed by atoms with Crippen LogP contribution in [0.1, 0.15) is 38.5 Å². The van der Waals surface area contributed by atoms with Crippen LogP contribution in [-0.2, 0) is 19.2 Å². The van der Waals surface area contributed by atoms with Gasteiger partial charge in [-0.1, -0.05) is 0 Å². The van der Waals surface area contributed by atoms with Gasteiger partial charge in [-0.2, -0.15) is 0 Å². The van der Waals surface area contributed by atoms with E-state index in [1.807, 2.05) is 0 Å². The van der Waals surface area contributed by atoms with E-state index in [0.717, 1.165) is 0 Å². The average Bonchev–Trinajstić information content (AvgIpc) is 3.28. The van der Waals surface area contributed by atoms with E-state index in [1.165, 1.54) is 11.8 Å². The molecule has 0 aromatic rings. The summed E-state index contributed by atoms with van der Waals surface area (Å²) in [5.41, 5.74) is -0.431. The lowest BCUT2D eigenvalue weighted by Crippen LogP contribution is -2.38. The molecule has 0 amide bonds. The minimum atomic E-state index is -1.29. The second-order valence-corrected chi connectivity index (χ2v) is 9.54. The highest BCUT2D eigenvalue weighted by atomic mass is 32.2. The molecule has 4 bridgehead atoms. The second-order valence-electron chi connectivity index (χ2n) is 7.77. The first-order valence-corrected chi connectivity index (χ1v) is 9.56. The molecule has 0 radical (unpaired) electrons. The van der Waals surface area contributed by atoms with Crippen molar-refractivity contribution in [3.05, 3.63) is 22.3 Å². The third kappa shape index (κ3) is 2.30. The SMILES string of the molecule is O=C(O)C1=C(C(=O)O)C2(SC34CCC(C3)C(C(=O)O)=C4C(=O)O)CCC1C2. The number of carbonyl (C=O) groups is 4. The molecule has 4 atom stereocenters. The van der Waals surface area contributed by atoms with Gasteiger partial charge in [0.2, 0.25) is 0 Å². The summed E-state index contributed by atoms with van der Waals surface area (Å²) in [5, 5.41) is 38.4. The van der Waals surface area contributed by atoms with Crippen LogP contribution in [0.25, 0.3) is 0 Å². The van der Waals surface area contributed by atoms with Crippen molar-refractivity contribution in [3.8, 4) is 0 Å². The number of carboxylic acids is 4. The lowest BCUT2D eigenvalue weighted by Gasteiger charge is -2.38. The Hall–Kier alpha value is -2.29. The molecule has 0 saturated heterocycles. The highest BCUT2D eigenvalue weighted by Gasteiger charge is 2.63. The van der Waals surface area contributed by atoms with Gasteiger partial charge in [-0.05, 0) is 50.4 Å². The molecular formula is C18H18O8S. The molecule has 4 aliphatic rings. The molecule has 27 heavy (non-hydrogen) atoms. The van der Waals surface area contributed by atoms with Crippen LogP contribution in [0.2, 0.25) is 0 Å². The Bertz CT molecular complexity index is 801. The molecule has 0 spiro atoms. The van der Waals surface area contributed by atoms with Crippen LogP contribution in [0.5, 0.6) is 0 Å². The van der Waals surface area contributed by atoms with Gasteiger partial charge in [0.05, 0.1) is 31.8 Å². The molecule has 4 N–H and O–H groups in total. The van der Waals surface area contributed by atoms with Gasteiger partial charge in [0.15, 0.2) is 0 Å². The second kappa shape index (κ2) is 5.60. The van der Waals surface area contributed by atoms with E-state index < -0.39 is 33.4 Å². The van der Waals surface area contributed by atoms with Crippen LogP contribution in [0, 0.1) is 11.8 Å². The summed E-state index contributed by atoms with van der Waals surface area (Å²) in [6.45, 7) is 0. The smallest absolute Gasteiger partial charge is 0.333 e. The maximum absolute atomic E-state index is 11.9. The Morgan fingerprint density at radius 2 is 1.07 bits per heavy atom. The molecule has 2 fully saturated rings. The van der Waals surface area contributed by atoms with Gasteiger partial charge in [-0.3, -0.25) is 0 Å². The summed E-state index contributed by atoms with van der Waals surface area (Å²) in [6.07, 6.45) is 2.71. The number of rotatable bonds is 6. The summed E-state index contributed by atoms with van der Waals surface area (Å²) in [5.74, 6) is -5.77. The van der Waals surface area contributed by atoms with Crippen molar-refractivity contribution in [1.82, 2.24) is 0 Å². The molecule has 4 unspecified atom stereocenters. The lowest BCUT2D eigenvalue weighted by molar-refractivity contribution is -0.136. The van der Waals surface area contributed by atoms with Gasteiger partial charge in [0, 0.05) is 0 Å². The summed E-state index contributed by atoms with van der Waals surface area (Å²) in [4.78, 5) is 47.1. The monoisotopic (exact) mass is 394 g/mol. The Balaban J connectivity index is 1.82. The van der Waals surface area contributed by atoms with Gasteiger partial charge >= 0.3 is 23.9 Å². The molecule has 144 valence electrons. The van der Waals surface area contributed by atoms with Crippen molar-refractivity contribution in [2.45, 2.75) is 48.0 Å². The molecule has 2 saturated carbocycles. The van der Waals surface area contributed by atoms with E-state index in [2.05, 4.69) is 0 Å². The van der Waals surface area contributed by atoms with Gasteiger partial charge in [-0.25, -0.2) is 19.2 Å². The Morgan fingerprint density at radius 1 is 0.704 bits per heavy atom.